The van der Waals surface area contributed by atoms with Crippen LogP contribution in [0.1, 0.15) is 56.1 Å². The molecular formula is C21H27ClFN2O4+. The average molecular weight is 426 g/mol. The minimum absolute atomic E-state index is 0.0193. The highest BCUT2D eigenvalue weighted by molar-refractivity contribution is 6.35. The maximum absolute atomic E-state index is 15.2. The van der Waals surface area contributed by atoms with E-state index in [0.717, 1.165) is 4.74 Å². The standard InChI is InChI=1S/C21H26ClFN2O4/c1-7-16(24-20(27)29-21(3,4)5)14-10-11-15(22)17(18(14)23)19(26)13(2)9-8-12-25(6)28/h8-12,16H,2,7H2,1,3-6H3,(H-,24,27,28)/p+1. The molecule has 1 amide bonds. The van der Waals surface area contributed by atoms with Crippen LogP contribution in [-0.4, -0.2) is 40.7 Å². The maximum atomic E-state index is 15.2. The molecule has 1 atom stereocenters. The summed E-state index contributed by atoms with van der Waals surface area (Å²) < 4.78 is 21.2. The van der Waals surface area contributed by atoms with Gasteiger partial charge in [-0.1, -0.05) is 31.2 Å². The van der Waals surface area contributed by atoms with Gasteiger partial charge in [-0.25, -0.2) is 9.18 Å². The van der Waals surface area contributed by atoms with Crippen molar-refractivity contribution in [2.45, 2.75) is 45.8 Å². The number of benzene rings is 1. The van der Waals surface area contributed by atoms with Crippen LogP contribution in [0.4, 0.5) is 9.18 Å². The van der Waals surface area contributed by atoms with Crippen LogP contribution in [0.3, 0.4) is 0 Å². The number of carbonyl (C=O) groups is 2. The smallest absolute Gasteiger partial charge is 0.408 e. The molecule has 0 spiro atoms. The van der Waals surface area contributed by atoms with Gasteiger partial charge in [0, 0.05) is 17.2 Å². The number of ketones is 1. The third-order valence-electron chi connectivity index (χ3n) is 3.71. The SMILES string of the molecule is C=C(C=CC=[N+](C)O)C(=O)c1c(Cl)ccc(C(CC)NC(=O)OC(C)(C)C)c1F. The molecule has 0 saturated heterocycles. The molecule has 0 bridgehead atoms. The Kier molecular flexibility index (Phi) is 8.58. The van der Waals surface area contributed by atoms with Gasteiger partial charge in [-0.2, -0.15) is 0 Å². The Morgan fingerprint density at radius 1 is 1.41 bits per heavy atom. The van der Waals surface area contributed by atoms with Gasteiger partial charge < -0.3 is 10.1 Å². The molecule has 0 saturated carbocycles. The fourth-order valence-electron chi connectivity index (χ4n) is 2.42. The first-order valence-corrected chi connectivity index (χ1v) is 9.39. The lowest BCUT2D eigenvalue weighted by atomic mass is 9.96. The zero-order valence-corrected chi connectivity index (χ0v) is 18.0. The number of allylic oxidation sites excluding steroid dienone is 3. The predicted molar refractivity (Wildman–Crippen MR) is 110 cm³/mol. The predicted octanol–water partition coefficient (Wildman–Crippen LogP) is 4.85. The van der Waals surface area contributed by atoms with Crippen LogP contribution < -0.4 is 5.32 Å². The summed E-state index contributed by atoms with van der Waals surface area (Å²) in [6, 6.07) is 2.11. The molecule has 2 N–H and O–H groups in total. The van der Waals surface area contributed by atoms with E-state index in [1.807, 2.05) is 0 Å². The second kappa shape index (κ2) is 10.2. The molecule has 0 fully saturated rings. The van der Waals surface area contributed by atoms with E-state index in [1.54, 1.807) is 27.7 Å². The van der Waals surface area contributed by atoms with Crippen LogP contribution in [0.2, 0.25) is 5.02 Å². The fourth-order valence-corrected chi connectivity index (χ4v) is 2.65. The summed E-state index contributed by atoms with van der Waals surface area (Å²) >= 11 is 6.07. The van der Waals surface area contributed by atoms with E-state index in [1.165, 1.54) is 37.5 Å². The molecule has 1 rings (SSSR count). The Hall–Kier alpha value is -2.67. The third-order valence-corrected chi connectivity index (χ3v) is 4.03. The van der Waals surface area contributed by atoms with Crippen molar-refractivity contribution in [2.24, 2.45) is 0 Å². The van der Waals surface area contributed by atoms with Crippen molar-refractivity contribution in [2.75, 3.05) is 7.05 Å². The molecule has 6 nitrogen and oxygen atoms in total. The molecule has 0 aliphatic heterocycles. The van der Waals surface area contributed by atoms with E-state index >= 15 is 4.39 Å². The van der Waals surface area contributed by atoms with Crippen LogP contribution in [0, 0.1) is 5.82 Å². The lowest BCUT2D eigenvalue weighted by Crippen LogP contribution is -2.35. The minimum atomic E-state index is -0.830. The van der Waals surface area contributed by atoms with E-state index in [-0.39, 0.29) is 21.7 Å². The van der Waals surface area contributed by atoms with Gasteiger partial charge in [0.1, 0.15) is 11.4 Å². The number of hydrogen-bond donors (Lipinski definition) is 2. The first kappa shape index (κ1) is 24.4. The van der Waals surface area contributed by atoms with Crippen LogP contribution in [-0.2, 0) is 4.74 Å². The fraction of sp³-hybridized carbons (Fsp3) is 0.381. The highest BCUT2D eigenvalue weighted by atomic mass is 35.5. The number of hydroxylamine groups is 1. The Bertz CT molecular complexity index is 853. The molecule has 0 aromatic heterocycles. The number of Topliss-reactive ketones (excluding diaryl/α,β-unsaturated/α-hetero) is 1. The molecule has 1 aromatic carbocycles. The van der Waals surface area contributed by atoms with Gasteiger partial charge in [0.25, 0.3) is 0 Å². The molecule has 158 valence electrons. The molecule has 1 unspecified atom stereocenters. The maximum Gasteiger partial charge on any atom is 0.408 e. The summed E-state index contributed by atoms with van der Waals surface area (Å²) in [5, 5.41) is 11.6. The molecule has 1 aromatic rings. The van der Waals surface area contributed by atoms with Crippen molar-refractivity contribution in [1.82, 2.24) is 5.32 Å². The molecule has 0 aliphatic rings. The number of carbonyl (C=O) groups excluding carboxylic acids is 2. The van der Waals surface area contributed by atoms with Crippen molar-refractivity contribution in [3.8, 4) is 0 Å². The van der Waals surface area contributed by atoms with Gasteiger partial charge in [0.15, 0.2) is 12.8 Å². The van der Waals surface area contributed by atoms with Crippen molar-refractivity contribution in [3.05, 3.63) is 58.4 Å². The number of amides is 1. The second-order valence-electron chi connectivity index (χ2n) is 7.37. The highest BCUT2D eigenvalue weighted by Gasteiger charge is 2.26. The zero-order valence-electron chi connectivity index (χ0n) is 17.3. The first-order valence-electron chi connectivity index (χ1n) is 9.01. The van der Waals surface area contributed by atoms with Gasteiger partial charge in [0.2, 0.25) is 6.21 Å². The lowest BCUT2D eigenvalue weighted by molar-refractivity contribution is -0.750. The summed E-state index contributed by atoms with van der Waals surface area (Å²) in [5.74, 6) is -1.53. The molecule has 29 heavy (non-hydrogen) atoms. The van der Waals surface area contributed by atoms with Gasteiger partial charge in [0.05, 0.1) is 16.6 Å². The monoisotopic (exact) mass is 425 g/mol. The Morgan fingerprint density at radius 2 is 2.03 bits per heavy atom. The quantitative estimate of drug-likeness (QED) is 0.124. The Morgan fingerprint density at radius 3 is 2.55 bits per heavy atom. The van der Waals surface area contributed by atoms with Crippen molar-refractivity contribution >= 4 is 29.7 Å². The van der Waals surface area contributed by atoms with Gasteiger partial charge in [-0.3, -0.25) is 10.0 Å². The molecule has 0 radical (unpaired) electrons. The summed E-state index contributed by atoms with van der Waals surface area (Å²) in [6.07, 6.45) is 3.67. The number of rotatable bonds is 7. The Labute approximate surface area is 175 Å². The van der Waals surface area contributed by atoms with Crippen LogP contribution in [0.5, 0.6) is 0 Å². The average Bonchev–Trinajstić information content (AvgIpc) is 2.58. The van der Waals surface area contributed by atoms with E-state index in [4.69, 9.17) is 21.5 Å². The van der Waals surface area contributed by atoms with E-state index in [0.29, 0.717) is 6.42 Å². The molecule has 0 heterocycles. The first-order chi connectivity index (χ1) is 13.4. The van der Waals surface area contributed by atoms with Crippen molar-refractivity contribution in [3.63, 3.8) is 0 Å². The normalized spacial score (nSPS) is 13.3. The summed E-state index contributed by atoms with van der Waals surface area (Å²) in [4.78, 5) is 24.7. The van der Waals surface area contributed by atoms with E-state index in [2.05, 4.69) is 11.9 Å². The van der Waals surface area contributed by atoms with Gasteiger partial charge in [-0.05, 0) is 44.1 Å². The number of ether oxygens (including phenoxy) is 1. The summed E-state index contributed by atoms with van der Waals surface area (Å²) in [6.45, 7) is 10.5. The number of halogens is 2. The van der Waals surface area contributed by atoms with Crippen LogP contribution >= 0.6 is 11.6 Å². The lowest BCUT2D eigenvalue weighted by Gasteiger charge is -2.24. The Balaban J connectivity index is 3.21. The second-order valence-corrected chi connectivity index (χ2v) is 7.78. The highest BCUT2D eigenvalue weighted by Crippen LogP contribution is 2.29. The zero-order chi connectivity index (χ0) is 22.4. The molecule has 8 heteroatoms. The van der Waals surface area contributed by atoms with Gasteiger partial charge >= 0.3 is 6.09 Å². The third kappa shape index (κ3) is 7.34. The van der Waals surface area contributed by atoms with Crippen LogP contribution in [0.25, 0.3) is 0 Å². The summed E-state index contributed by atoms with van der Waals surface area (Å²) in [5.41, 5.74) is -0.939. The minimum Gasteiger partial charge on any atom is -0.444 e. The topological polar surface area (TPSA) is 78.6 Å². The van der Waals surface area contributed by atoms with Gasteiger partial charge in [-0.15, -0.1) is 0 Å². The van der Waals surface area contributed by atoms with Crippen molar-refractivity contribution in [1.29, 1.82) is 0 Å². The number of hydrogen-bond acceptors (Lipinski definition) is 4. The number of alkyl carbamates (subject to hydrolysis) is 1. The largest absolute Gasteiger partial charge is 0.444 e. The molecule has 0 aliphatic carbocycles. The van der Waals surface area contributed by atoms with E-state index in [9.17, 15) is 9.59 Å². The van der Waals surface area contributed by atoms with E-state index < -0.39 is 29.3 Å². The number of nitrogens with one attached hydrogen (secondary N) is 1. The van der Waals surface area contributed by atoms with Crippen molar-refractivity contribution < 1.29 is 28.7 Å². The number of nitrogens with zero attached hydrogens (tertiary/aromatic N) is 1. The molecular weight excluding hydrogens is 399 g/mol. The van der Waals surface area contributed by atoms with Crippen LogP contribution in [0.15, 0.2) is 36.4 Å². The summed E-state index contributed by atoms with van der Waals surface area (Å²) in [7, 11) is 1.39.